The Kier molecular flexibility index (Phi) is 10.5. The third-order valence-electron chi connectivity index (χ3n) is 5.70. The first kappa shape index (κ1) is 26.5. The topological polar surface area (TPSA) is 142 Å². The van der Waals surface area contributed by atoms with Gasteiger partial charge in [0.15, 0.2) is 5.82 Å². The summed E-state index contributed by atoms with van der Waals surface area (Å²) in [6.07, 6.45) is 13.1. The zero-order valence-electron chi connectivity index (χ0n) is 19.8. The Morgan fingerprint density at radius 2 is 1.88 bits per heavy atom. The molecule has 0 radical (unpaired) electrons. The van der Waals surface area contributed by atoms with E-state index in [1.165, 1.54) is 19.3 Å². The van der Waals surface area contributed by atoms with Crippen LogP contribution in [0.25, 0.3) is 11.5 Å². The highest BCUT2D eigenvalue weighted by molar-refractivity contribution is 5.63. The number of aromatic nitrogens is 4. The zero-order valence-corrected chi connectivity index (χ0v) is 19.8. The van der Waals surface area contributed by atoms with Crippen LogP contribution in [0, 0.1) is 5.41 Å². The minimum atomic E-state index is -0.833. The van der Waals surface area contributed by atoms with Crippen LogP contribution >= 0.6 is 0 Å². The van der Waals surface area contributed by atoms with E-state index < -0.39 is 11.9 Å². The van der Waals surface area contributed by atoms with Gasteiger partial charge in [-0.1, -0.05) is 13.3 Å². The Morgan fingerprint density at radius 3 is 2.52 bits per heavy atom. The number of carboxylic acids is 2. The highest BCUT2D eigenvalue weighted by Gasteiger charge is 2.40. The van der Waals surface area contributed by atoms with Gasteiger partial charge in [0, 0.05) is 32.7 Å². The predicted octanol–water partition coefficient (Wildman–Crippen LogP) is 2.96. The molecule has 0 amide bonds. The predicted molar refractivity (Wildman–Crippen MR) is 124 cm³/mol. The summed E-state index contributed by atoms with van der Waals surface area (Å²) < 4.78 is 8.38. The number of carboxylic acid groups (broad SMARTS) is 2. The number of aryl methyl sites for hydroxylation is 1. The summed E-state index contributed by atoms with van der Waals surface area (Å²) in [6.45, 7) is 8.40. The fourth-order valence-corrected chi connectivity index (χ4v) is 4.19. The molecule has 1 unspecified atom stereocenters. The number of hydrogen-bond donors (Lipinski definition) is 4. The number of unbranched alkanes of at least 4 members (excludes halogenated alkanes) is 1. The molecule has 10 heteroatoms. The van der Waals surface area contributed by atoms with Crippen LogP contribution in [0.4, 0.5) is 0 Å². The van der Waals surface area contributed by atoms with Gasteiger partial charge in [-0.15, -0.1) is 0 Å². The van der Waals surface area contributed by atoms with E-state index >= 15 is 0 Å². The van der Waals surface area contributed by atoms with Crippen molar-refractivity contribution >= 4 is 11.9 Å². The summed E-state index contributed by atoms with van der Waals surface area (Å²) in [7, 11) is 0. The second-order valence-corrected chi connectivity index (χ2v) is 8.68. The summed E-state index contributed by atoms with van der Waals surface area (Å²) in [6, 6.07) is 0. The van der Waals surface area contributed by atoms with Crippen molar-refractivity contribution in [1.29, 1.82) is 0 Å². The summed E-state index contributed by atoms with van der Waals surface area (Å²) >= 11 is 0. The van der Waals surface area contributed by atoms with Gasteiger partial charge in [0.2, 0.25) is 0 Å². The molecule has 2 aromatic heterocycles. The Hall–Kier alpha value is -2.72. The average Bonchev–Trinajstić information content (AvgIpc) is 3.47. The van der Waals surface area contributed by atoms with Crippen molar-refractivity contribution in [3.05, 3.63) is 24.4 Å². The van der Waals surface area contributed by atoms with Gasteiger partial charge in [-0.25, -0.2) is 9.97 Å². The molecule has 4 rings (SSSR count). The van der Waals surface area contributed by atoms with Crippen molar-refractivity contribution in [3.63, 3.8) is 0 Å². The van der Waals surface area contributed by atoms with E-state index in [-0.39, 0.29) is 6.10 Å². The third-order valence-corrected chi connectivity index (χ3v) is 5.70. The Morgan fingerprint density at radius 1 is 1.21 bits per heavy atom. The second kappa shape index (κ2) is 13.1. The van der Waals surface area contributed by atoms with E-state index in [1.807, 2.05) is 12.4 Å². The van der Waals surface area contributed by atoms with Gasteiger partial charge >= 0.3 is 0 Å². The maximum Gasteiger partial charge on any atom is 0.300 e. The highest BCUT2D eigenvalue weighted by Crippen LogP contribution is 2.40. The van der Waals surface area contributed by atoms with Gasteiger partial charge in [-0.05, 0) is 44.2 Å². The molecule has 2 aliphatic rings. The molecule has 4 N–H and O–H groups in total. The van der Waals surface area contributed by atoms with E-state index in [9.17, 15) is 0 Å². The van der Waals surface area contributed by atoms with Crippen molar-refractivity contribution in [2.45, 2.75) is 71.9 Å². The molecule has 10 nitrogen and oxygen atoms in total. The monoisotopic (exact) mass is 463 g/mol. The summed E-state index contributed by atoms with van der Waals surface area (Å²) in [5.74, 6) is 0.349. The van der Waals surface area contributed by atoms with E-state index in [4.69, 9.17) is 24.5 Å². The molecule has 0 saturated carbocycles. The first-order chi connectivity index (χ1) is 15.7. The van der Waals surface area contributed by atoms with Crippen LogP contribution < -0.4 is 5.32 Å². The number of carbonyl (C=O) groups is 2. The minimum absolute atomic E-state index is 0.286. The number of aliphatic carboxylic acids is 2. The maximum atomic E-state index is 9.00. The molecule has 4 heterocycles. The molecule has 1 atom stereocenters. The van der Waals surface area contributed by atoms with Crippen LogP contribution in [0.3, 0.4) is 0 Å². The SMILES string of the molecule is CC(=O)O.CC(=O)O.CCCCc1ncc(-c2nccn2CC2CC3(CCNCC3)CO2)[nH]1. The quantitative estimate of drug-likeness (QED) is 0.512. The van der Waals surface area contributed by atoms with Crippen LogP contribution in [0.15, 0.2) is 18.6 Å². The standard InChI is InChI=1S/C19H29N5O.2C2H4O2/c1-2-3-4-17-22-12-16(23-17)18-21-9-10-24(18)13-15-11-19(14-25-15)5-7-20-8-6-19;2*1-2(3)4/h9-10,12,15,20H,2-8,11,13-14H2,1H3,(H,22,23);2*1H3,(H,3,4). The number of nitrogens with zero attached hydrogens (tertiary/aromatic N) is 3. The molecule has 2 fully saturated rings. The van der Waals surface area contributed by atoms with Gasteiger partial charge in [0.05, 0.1) is 25.5 Å². The molecule has 0 aromatic carbocycles. The number of H-pyrrole nitrogens is 1. The Labute approximate surface area is 194 Å². The van der Waals surface area contributed by atoms with E-state index in [0.717, 1.165) is 76.7 Å². The average molecular weight is 464 g/mol. The molecular formula is C23H37N5O5. The smallest absolute Gasteiger partial charge is 0.300 e. The van der Waals surface area contributed by atoms with Gasteiger partial charge in [0.25, 0.3) is 11.9 Å². The Balaban J connectivity index is 0.000000420. The van der Waals surface area contributed by atoms with Crippen LogP contribution in [0.1, 0.15) is 58.7 Å². The van der Waals surface area contributed by atoms with Crippen LogP contribution in [-0.4, -0.2) is 67.5 Å². The fourth-order valence-electron chi connectivity index (χ4n) is 4.19. The van der Waals surface area contributed by atoms with Crippen LogP contribution in [0.2, 0.25) is 0 Å². The first-order valence-corrected chi connectivity index (χ1v) is 11.5. The molecule has 0 bridgehead atoms. The van der Waals surface area contributed by atoms with E-state index in [1.54, 1.807) is 0 Å². The lowest BCUT2D eigenvalue weighted by atomic mass is 9.77. The number of nitrogens with one attached hydrogen (secondary N) is 2. The van der Waals surface area contributed by atoms with Crippen molar-refractivity contribution < 1.29 is 24.5 Å². The molecule has 33 heavy (non-hydrogen) atoms. The zero-order chi connectivity index (χ0) is 24.3. The van der Waals surface area contributed by atoms with E-state index in [0.29, 0.717) is 5.41 Å². The largest absolute Gasteiger partial charge is 0.481 e. The van der Waals surface area contributed by atoms with Crippen LogP contribution in [-0.2, 0) is 27.3 Å². The molecule has 184 valence electrons. The summed E-state index contributed by atoms with van der Waals surface area (Å²) in [5.41, 5.74) is 1.41. The normalized spacial score (nSPS) is 18.7. The molecule has 2 aromatic rings. The number of rotatable bonds is 6. The lowest BCUT2D eigenvalue weighted by Crippen LogP contribution is -2.37. The van der Waals surface area contributed by atoms with Gasteiger partial charge in [-0.3, -0.25) is 9.59 Å². The third kappa shape index (κ3) is 8.97. The number of piperidine rings is 1. The van der Waals surface area contributed by atoms with Gasteiger partial charge < -0.3 is 29.8 Å². The number of ether oxygens (including phenoxy) is 1. The van der Waals surface area contributed by atoms with Crippen LogP contribution in [0.5, 0.6) is 0 Å². The minimum Gasteiger partial charge on any atom is -0.481 e. The second-order valence-electron chi connectivity index (χ2n) is 8.68. The van der Waals surface area contributed by atoms with E-state index in [2.05, 4.69) is 38.0 Å². The van der Waals surface area contributed by atoms with Crippen molar-refractivity contribution in [1.82, 2.24) is 24.8 Å². The van der Waals surface area contributed by atoms with Crippen molar-refractivity contribution in [2.24, 2.45) is 5.41 Å². The van der Waals surface area contributed by atoms with Crippen molar-refractivity contribution in [3.8, 4) is 11.5 Å². The van der Waals surface area contributed by atoms with Crippen molar-refractivity contribution in [2.75, 3.05) is 19.7 Å². The molecule has 2 saturated heterocycles. The number of imidazole rings is 2. The fraction of sp³-hybridized carbons (Fsp3) is 0.652. The van der Waals surface area contributed by atoms with Gasteiger partial charge in [-0.2, -0.15) is 0 Å². The highest BCUT2D eigenvalue weighted by atomic mass is 16.5. The lowest BCUT2D eigenvalue weighted by Gasteiger charge is -2.32. The lowest BCUT2D eigenvalue weighted by molar-refractivity contribution is -0.135. The summed E-state index contributed by atoms with van der Waals surface area (Å²) in [5, 5.41) is 18.3. The summed E-state index contributed by atoms with van der Waals surface area (Å²) in [4.78, 5) is 30.5. The maximum absolute atomic E-state index is 9.00. The molecule has 0 aliphatic carbocycles. The molecular weight excluding hydrogens is 426 g/mol. The molecule has 2 aliphatic heterocycles. The van der Waals surface area contributed by atoms with Gasteiger partial charge in [0.1, 0.15) is 11.5 Å². The molecule has 1 spiro atoms. The first-order valence-electron chi connectivity index (χ1n) is 11.5. The number of hydrogen-bond acceptors (Lipinski definition) is 6. The Bertz CT molecular complexity index is 852. The number of aromatic amines is 1.